The summed E-state index contributed by atoms with van der Waals surface area (Å²) in [6.45, 7) is 4.24. The Morgan fingerprint density at radius 1 is 1.04 bits per heavy atom. The molecule has 0 saturated heterocycles. The Bertz CT molecular complexity index is 1070. The van der Waals surface area contributed by atoms with Gasteiger partial charge in [0.2, 0.25) is 0 Å². The Balaban J connectivity index is 2.05. The summed E-state index contributed by atoms with van der Waals surface area (Å²) < 4.78 is 7.27. The van der Waals surface area contributed by atoms with Crippen LogP contribution in [-0.2, 0) is 4.74 Å². The Morgan fingerprint density at radius 3 is 2.56 bits per heavy atom. The van der Waals surface area contributed by atoms with Crippen LogP contribution in [0.25, 0.3) is 27.4 Å². The second-order valence-electron chi connectivity index (χ2n) is 6.15. The zero-order valence-corrected chi connectivity index (χ0v) is 14.3. The van der Waals surface area contributed by atoms with Gasteiger partial charge in [-0.25, -0.2) is 4.79 Å². The standard InChI is InChI=1S/C22H19NO2/c1-3-25-22(24)21-19(17-10-8-15(2)9-11-17)14-20-18-7-5-4-6-16(18)12-13-23(20)21/h4-14H,3H2,1-2H3. The van der Waals surface area contributed by atoms with Gasteiger partial charge in [0.25, 0.3) is 0 Å². The van der Waals surface area contributed by atoms with E-state index in [1.54, 1.807) is 0 Å². The fourth-order valence-corrected chi connectivity index (χ4v) is 3.28. The topological polar surface area (TPSA) is 30.7 Å². The van der Waals surface area contributed by atoms with Crippen LogP contribution in [0.1, 0.15) is 23.0 Å². The molecule has 0 fully saturated rings. The third-order valence-electron chi connectivity index (χ3n) is 4.51. The molecule has 0 saturated carbocycles. The number of carbonyl (C=O) groups is 1. The van der Waals surface area contributed by atoms with Crippen LogP contribution in [0, 0.1) is 6.92 Å². The van der Waals surface area contributed by atoms with Gasteiger partial charge in [-0.2, -0.15) is 0 Å². The second kappa shape index (κ2) is 6.10. The van der Waals surface area contributed by atoms with E-state index in [0.717, 1.165) is 27.4 Å². The predicted octanol–water partition coefficient (Wildman–Crippen LogP) is 5.24. The smallest absolute Gasteiger partial charge is 0.355 e. The van der Waals surface area contributed by atoms with E-state index in [-0.39, 0.29) is 5.97 Å². The van der Waals surface area contributed by atoms with Crippen LogP contribution in [0.2, 0.25) is 0 Å². The Hall–Kier alpha value is -3.07. The van der Waals surface area contributed by atoms with E-state index in [1.165, 1.54) is 5.56 Å². The van der Waals surface area contributed by atoms with Crippen molar-refractivity contribution >= 4 is 22.3 Å². The van der Waals surface area contributed by atoms with Gasteiger partial charge in [-0.3, -0.25) is 0 Å². The van der Waals surface area contributed by atoms with Gasteiger partial charge in [0.1, 0.15) is 5.69 Å². The molecule has 0 amide bonds. The van der Waals surface area contributed by atoms with Gasteiger partial charge in [0.05, 0.1) is 12.1 Å². The molecular formula is C22H19NO2. The van der Waals surface area contributed by atoms with Crippen molar-refractivity contribution in [2.75, 3.05) is 6.61 Å². The van der Waals surface area contributed by atoms with Crippen LogP contribution in [0.5, 0.6) is 0 Å². The van der Waals surface area contributed by atoms with Crippen LogP contribution in [-0.4, -0.2) is 17.0 Å². The molecule has 0 atom stereocenters. The number of ether oxygens (including phenoxy) is 1. The van der Waals surface area contributed by atoms with E-state index in [0.29, 0.717) is 12.3 Å². The van der Waals surface area contributed by atoms with Crippen LogP contribution in [0.4, 0.5) is 0 Å². The van der Waals surface area contributed by atoms with Crippen LogP contribution in [0.15, 0.2) is 66.9 Å². The summed E-state index contributed by atoms with van der Waals surface area (Å²) in [6.07, 6.45) is 1.95. The van der Waals surface area contributed by atoms with Crippen molar-refractivity contribution in [3.05, 3.63) is 78.1 Å². The molecule has 0 spiro atoms. The van der Waals surface area contributed by atoms with E-state index in [4.69, 9.17) is 4.74 Å². The Morgan fingerprint density at radius 2 is 1.80 bits per heavy atom. The molecule has 2 heterocycles. The quantitative estimate of drug-likeness (QED) is 0.481. The molecule has 0 aliphatic carbocycles. The van der Waals surface area contributed by atoms with Gasteiger partial charge >= 0.3 is 5.97 Å². The molecule has 2 aromatic carbocycles. The van der Waals surface area contributed by atoms with Crippen molar-refractivity contribution in [3.8, 4) is 11.1 Å². The molecule has 0 N–H and O–H groups in total. The van der Waals surface area contributed by atoms with Crippen LogP contribution in [0.3, 0.4) is 0 Å². The van der Waals surface area contributed by atoms with E-state index in [1.807, 2.05) is 35.7 Å². The maximum atomic E-state index is 12.7. The SMILES string of the molecule is CCOC(=O)c1c(-c2ccc(C)cc2)cc2c3ccccc3ccn12. The number of aryl methyl sites for hydroxylation is 1. The summed E-state index contributed by atoms with van der Waals surface area (Å²) in [5, 5.41) is 2.27. The Labute approximate surface area is 146 Å². The van der Waals surface area contributed by atoms with E-state index >= 15 is 0 Å². The molecular weight excluding hydrogens is 310 g/mol. The lowest BCUT2D eigenvalue weighted by atomic mass is 10.0. The lowest BCUT2D eigenvalue weighted by Gasteiger charge is -2.07. The average molecular weight is 329 g/mol. The highest BCUT2D eigenvalue weighted by atomic mass is 16.5. The molecule has 3 nitrogen and oxygen atoms in total. The van der Waals surface area contributed by atoms with Crippen molar-refractivity contribution < 1.29 is 9.53 Å². The number of nitrogens with zero attached hydrogens (tertiary/aromatic N) is 1. The van der Waals surface area contributed by atoms with Gasteiger partial charge in [-0.15, -0.1) is 0 Å². The first kappa shape index (κ1) is 15.5. The van der Waals surface area contributed by atoms with Crippen LogP contribution >= 0.6 is 0 Å². The van der Waals surface area contributed by atoms with E-state index in [9.17, 15) is 4.79 Å². The molecule has 2 aromatic heterocycles. The number of hydrogen-bond acceptors (Lipinski definition) is 2. The molecule has 0 radical (unpaired) electrons. The summed E-state index contributed by atoms with van der Waals surface area (Å²) in [5.74, 6) is -0.298. The molecule has 0 bridgehead atoms. The number of carbonyl (C=O) groups excluding carboxylic acids is 1. The summed E-state index contributed by atoms with van der Waals surface area (Å²) in [5.41, 5.74) is 4.69. The number of benzene rings is 2. The first-order chi connectivity index (χ1) is 12.2. The minimum Gasteiger partial charge on any atom is -0.461 e. The second-order valence-corrected chi connectivity index (χ2v) is 6.15. The van der Waals surface area contributed by atoms with Crippen molar-refractivity contribution in [2.45, 2.75) is 13.8 Å². The maximum Gasteiger partial charge on any atom is 0.355 e. The number of rotatable bonds is 3. The van der Waals surface area contributed by atoms with E-state index in [2.05, 4.69) is 49.4 Å². The third kappa shape index (κ3) is 2.58. The number of esters is 1. The van der Waals surface area contributed by atoms with E-state index < -0.39 is 0 Å². The number of fused-ring (bicyclic) bond motifs is 3. The van der Waals surface area contributed by atoms with Crippen molar-refractivity contribution in [3.63, 3.8) is 0 Å². The summed E-state index contributed by atoms with van der Waals surface area (Å²) in [6, 6.07) is 20.5. The normalized spacial score (nSPS) is 11.1. The number of hydrogen-bond donors (Lipinski definition) is 0. The van der Waals surface area contributed by atoms with Gasteiger partial charge in [-0.1, -0.05) is 54.1 Å². The zero-order valence-electron chi connectivity index (χ0n) is 14.3. The van der Waals surface area contributed by atoms with Gasteiger partial charge in [0.15, 0.2) is 0 Å². The summed E-state index contributed by atoms with van der Waals surface area (Å²) in [4.78, 5) is 12.7. The fourth-order valence-electron chi connectivity index (χ4n) is 3.28. The maximum absolute atomic E-state index is 12.7. The molecule has 124 valence electrons. The molecule has 0 aliphatic heterocycles. The summed E-state index contributed by atoms with van der Waals surface area (Å²) in [7, 11) is 0. The monoisotopic (exact) mass is 329 g/mol. The van der Waals surface area contributed by atoms with Crippen LogP contribution < -0.4 is 0 Å². The first-order valence-electron chi connectivity index (χ1n) is 8.46. The van der Waals surface area contributed by atoms with Crippen molar-refractivity contribution in [2.24, 2.45) is 0 Å². The largest absolute Gasteiger partial charge is 0.461 e. The van der Waals surface area contributed by atoms with Gasteiger partial charge in [-0.05, 0) is 36.9 Å². The Kier molecular flexibility index (Phi) is 3.77. The van der Waals surface area contributed by atoms with Gasteiger partial charge in [0, 0.05) is 17.1 Å². The lowest BCUT2D eigenvalue weighted by Crippen LogP contribution is -2.09. The highest BCUT2D eigenvalue weighted by molar-refractivity contribution is 6.04. The number of pyridine rings is 1. The third-order valence-corrected chi connectivity index (χ3v) is 4.51. The highest BCUT2D eigenvalue weighted by Gasteiger charge is 2.20. The average Bonchev–Trinajstić information content (AvgIpc) is 3.02. The minimum atomic E-state index is -0.298. The molecule has 3 heteroatoms. The molecule has 0 unspecified atom stereocenters. The molecule has 25 heavy (non-hydrogen) atoms. The molecule has 0 aliphatic rings. The predicted molar refractivity (Wildman–Crippen MR) is 101 cm³/mol. The first-order valence-corrected chi connectivity index (χ1v) is 8.46. The highest BCUT2D eigenvalue weighted by Crippen LogP contribution is 2.32. The number of aromatic nitrogens is 1. The van der Waals surface area contributed by atoms with Gasteiger partial charge < -0.3 is 9.14 Å². The summed E-state index contributed by atoms with van der Waals surface area (Å²) >= 11 is 0. The van der Waals surface area contributed by atoms with Crippen molar-refractivity contribution in [1.29, 1.82) is 0 Å². The molecule has 4 aromatic rings. The zero-order chi connectivity index (χ0) is 17.4. The van der Waals surface area contributed by atoms with Crippen molar-refractivity contribution in [1.82, 2.24) is 4.40 Å². The fraction of sp³-hybridized carbons (Fsp3) is 0.136. The molecule has 4 rings (SSSR count). The minimum absolute atomic E-state index is 0.298. The lowest BCUT2D eigenvalue weighted by molar-refractivity contribution is 0.0519.